The van der Waals surface area contributed by atoms with Crippen LogP contribution in [0.15, 0.2) is 41.1 Å². The average Bonchev–Trinajstić information content (AvgIpc) is 3.21. The normalized spacial score (nSPS) is 10.6. The number of anilines is 1. The van der Waals surface area contributed by atoms with Crippen molar-refractivity contribution in [2.45, 2.75) is 32.2 Å². The van der Waals surface area contributed by atoms with Gasteiger partial charge in [-0.1, -0.05) is 21.1 Å². The Labute approximate surface area is 181 Å². The van der Waals surface area contributed by atoms with E-state index < -0.39 is 0 Å². The van der Waals surface area contributed by atoms with Gasteiger partial charge in [-0.2, -0.15) is 5.10 Å². The Kier molecular flexibility index (Phi) is 7.55. The highest BCUT2D eigenvalue weighted by Gasteiger charge is 2.09. The van der Waals surface area contributed by atoms with E-state index in [0.717, 1.165) is 29.4 Å². The van der Waals surface area contributed by atoms with Crippen LogP contribution in [0.5, 0.6) is 0 Å². The predicted octanol–water partition coefficient (Wildman–Crippen LogP) is 1.79. The summed E-state index contributed by atoms with van der Waals surface area (Å²) in [5.74, 6) is -0.0497. The molecule has 0 atom stereocenters. The number of nitrogens with zero attached hydrogens (tertiary/aromatic N) is 6. The van der Waals surface area contributed by atoms with Crippen LogP contribution in [0.25, 0.3) is 0 Å². The number of aryl methyl sites for hydroxylation is 2. The first-order valence-corrected chi connectivity index (χ1v) is 10.2. The van der Waals surface area contributed by atoms with E-state index in [1.54, 1.807) is 42.3 Å². The summed E-state index contributed by atoms with van der Waals surface area (Å²) >= 11 is 3.36. The van der Waals surface area contributed by atoms with Crippen LogP contribution in [0.1, 0.15) is 34.7 Å². The zero-order valence-corrected chi connectivity index (χ0v) is 18.0. The van der Waals surface area contributed by atoms with E-state index in [4.69, 9.17) is 0 Å². The SMILES string of the molecule is CNC(=O)c1cn(CCCCc2ccc(NC(=O)Cc3cc(Br)ccn3)nn2)nn1. The number of nitrogens with one attached hydrogen (secondary N) is 2. The topological polar surface area (TPSA) is 128 Å². The Hall–Kier alpha value is -3.21. The second-order valence-corrected chi connectivity index (χ2v) is 7.42. The summed E-state index contributed by atoms with van der Waals surface area (Å²) in [7, 11) is 1.55. The molecule has 0 aliphatic rings. The van der Waals surface area contributed by atoms with Crippen molar-refractivity contribution < 1.29 is 9.59 Å². The van der Waals surface area contributed by atoms with Crippen molar-refractivity contribution in [3.63, 3.8) is 0 Å². The van der Waals surface area contributed by atoms with Crippen LogP contribution in [-0.2, 0) is 24.2 Å². The minimum absolute atomic E-state index is 0.160. The number of aromatic nitrogens is 6. The third kappa shape index (κ3) is 6.41. The molecule has 10 nitrogen and oxygen atoms in total. The first-order valence-electron chi connectivity index (χ1n) is 9.38. The van der Waals surface area contributed by atoms with Gasteiger partial charge in [0.2, 0.25) is 5.91 Å². The molecule has 0 aromatic carbocycles. The molecule has 0 fully saturated rings. The molecule has 0 radical (unpaired) electrons. The first kappa shape index (κ1) is 21.5. The van der Waals surface area contributed by atoms with Crippen molar-refractivity contribution in [1.29, 1.82) is 0 Å². The monoisotopic (exact) mass is 472 g/mol. The fourth-order valence-electron chi connectivity index (χ4n) is 2.68. The molecule has 3 rings (SSSR count). The molecular weight excluding hydrogens is 452 g/mol. The molecule has 0 unspecified atom stereocenters. The van der Waals surface area contributed by atoms with E-state index in [-0.39, 0.29) is 18.2 Å². The van der Waals surface area contributed by atoms with Crippen LogP contribution in [0.2, 0.25) is 0 Å². The van der Waals surface area contributed by atoms with Crippen LogP contribution in [0.4, 0.5) is 5.82 Å². The van der Waals surface area contributed by atoms with Gasteiger partial charge in [-0.3, -0.25) is 19.3 Å². The van der Waals surface area contributed by atoms with Gasteiger partial charge in [0.15, 0.2) is 11.5 Å². The van der Waals surface area contributed by atoms with Gasteiger partial charge in [0.05, 0.1) is 24.0 Å². The summed E-state index contributed by atoms with van der Waals surface area (Å²) in [6.45, 7) is 0.662. The molecule has 3 aromatic rings. The molecule has 0 aliphatic carbocycles. The van der Waals surface area contributed by atoms with Gasteiger partial charge < -0.3 is 10.6 Å². The number of carbonyl (C=O) groups is 2. The van der Waals surface area contributed by atoms with Gasteiger partial charge in [-0.15, -0.1) is 10.2 Å². The van der Waals surface area contributed by atoms with E-state index in [1.807, 2.05) is 6.07 Å². The molecule has 2 amide bonds. The fourth-order valence-corrected chi connectivity index (χ4v) is 3.06. The molecule has 30 heavy (non-hydrogen) atoms. The minimum atomic E-state index is -0.253. The Morgan fingerprint density at radius 1 is 1.10 bits per heavy atom. The van der Waals surface area contributed by atoms with Crippen LogP contribution in [-0.4, -0.2) is 49.0 Å². The van der Waals surface area contributed by atoms with E-state index in [0.29, 0.717) is 23.8 Å². The van der Waals surface area contributed by atoms with E-state index in [9.17, 15) is 9.59 Å². The molecule has 11 heteroatoms. The molecule has 0 bridgehead atoms. The maximum Gasteiger partial charge on any atom is 0.273 e. The molecule has 2 N–H and O–H groups in total. The number of unbranched alkanes of at least 4 members (excludes halogenated alkanes) is 1. The van der Waals surface area contributed by atoms with Gasteiger partial charge >= 0.3 is 0 Å². The van der Waals surface area contributed by atoms with Crippen LogP contribution < -0.4 is 10.6 Å². The van der Waals surface area contributed by atoms with E-state index in [1.165, 1.54) is 0 Å². The predicted molar refractivity (Wildman–Crippen MR) is 113 cm³/mol. The summed E-state index contributed by atoms with van der Waals surface area (Å²) in [6.07, 6.45) is 5.91. The van der Waals surface area contributed by atoms with Crippen molar-refractivity contribution in [3.05, 3.63) is 58.2 Å². The highest BCUT2D eigenvalue weighted by Crippen LogP contribution is 2.11. The highest BCUT2D eigenvalue weighted by molar-refractivity contribution is 9.10. The zero-order valence-electron chi connectivity index (χ0n) is 16.4. The quantitative estimate of drug-likeness (QED) is 0.454. The van der Waals surface area contributed by atoms with Crippen LogP contribution in [0, 0.1) is 0 Å². The number of hydrogen-bond donors (Lipinski definition) is 2. The summed E-state index contributed by atoms with van der Waals surface area (Å²) in [4.78, 5) is 27.7. The lowest BCUT2D eigenvalue weighted by Gasteiger charge is -2.05. The van der Waals surface area contributed by atoms with Gasteiger partial charge in [0, 0.05) is 24.3 Å². The van der Waals surface area contributed by atoms with Gasteiger partial charge in [-0.05, 0) is 43.5 Å². The van der Waals surface area contributed by atoms with Crippen molar-refractivity contribution in [2.75, 3.05) is 12.4 Å². The minimum Gasteiger partial charge on any atom is -0.354 e. The largest absolute Gasteiger partial charge is 0.354 e. The van der Waals surface area contributed by atoms with Crippen molar-refractivity contribution >= 4 is 33.6 Å². The third-order valence-corrected chi connectivity index (χ3v) is 4.67. The second-order valence-electron chi connectivity index (χ2n) is 6.50. The molecule has 0 aliphatic heterocycles. The number of halogens is 1. The van der Waals surface area contributed by atoms with Crippen LogP contribution in [0.3, 0.4) is 0 Å². The summed E-state index contributed by atoms with van der Waals surface area (Å²) < 4.78 is 2.52. The molecular formula is C19H21BrN8O2. The summed E-state index contributed by atoms with van der Waals surface area (Å²) in [5, 5.41) is 21.2. The van der Waals surface area contributed by atoms with E-state index in [2.05, 4.69) is 52.1 Å². The summed E-state index contributed by atoms with van der Waals surface area (Å²) in [5.41, 5.74) is 1.81. The molecule has 156 valence electrons. The Balaban J connectivity index is 1.40. The second kappa shape index (κ2) is 10.5. The molecule has 0 saturated heterocycles. The zero-order chi connectivity index (χ0) is 21.3. The average molecular weight is 473 g/mol. The third-order valence-electron chi connectivity index (χ3n) is 4.18. The Morgan fingerprint density at radius 3 is 2.70 bits per heavy atom. The summed E-state index contributed by atoms with van der Waals surface area (Å²) in [6, 6.07) is 7.19. The van der Waals surface area contributed by atoms with Crippen molar-refractivity contribution in [3.8, 4) is 0 Å². The number of carbonyl (C=O) groups excluding carboxylic acids is 2. The fraction of sp³-hybridized carbons (Fsp3) is 0.316. The lowest BCUT2D eigenvalue weighted by Crippen LogP contribution is -2.18. The van der Waals surface area contributed by atoms with Gasteiger partial charge in [0.1, 0.15) is 0 Å². The Morgan fingerprint density at radius 2 is 1.97 bits per heavy atom. The van der Waals surface area contributed by atoms with Gasteiger partial charge in [-0.25, -0.2) is 0 Å². The van der Waals surface area contributed by atoms with Crippen molar-refractivity contribution in [2.24, 2.45) is 0 Å². The van der Waals surface area contributed by atoms with Crippen molar-refractivity contribution in [1.82, 2.24) is 35.5 Å². The maximum atomic E-state index is 12.1. The highest BCUT2D eigenvalue weighted by atomic mass is 79.9. The number of pyridine rings is 1. The number of rotatable bonds is 9. The number of hydrogen-bond acceptors (Lipinski definition) is 7. The molecule has 3 aromatic heterocycles. The van der Waals surface area contributed by atoms with Crippen LogP contribution >= 0.6 is 15.9 Å². The molecule has 0 spiro atoms. The molecule has 3 heterocycles. The lowest BCUT2D eigenvalue weighted by atomic mass is 10.2. The maximum absolute atomic E-state index is 12.1. The molecule has 0 saturated carbocycles. The lowest BCUT2D eigenvalue weighted by molar-refractivity contribution is -0.115. The first-order chi connectivity index (χ1) is 14.5. The van der Waals surface area contributed by atoms with E-state index >= 15 is 0 Å². The number of amides is 2. The smallest absolute Gasteiger partial charge is 0.273 e. The Bertz CT molecular complexity index is 1010. The standard InChI is InChI=1S/C19H21BrN8O2/c1-21-19(30)16-12-28(27-25-16)9-3-2-4-14-5-6-17(26-24-14)23-18(29)11-15-10-13(20)7-8-22-15/h5-8,10,12H,2-4,9,11H2,1H3,(H,21,30)(H,23,26,29). The van der Waals surface area contributed by atoms with Gasteiger partial charge in [0.25, 0.3) is 5.91 Å².